The van der Waals surface area contributed by atoms with Crippen LogP contribution in [0.3, 0.4) is 0 Å². The van der Waals surface area contributed by atoms with Gasteiger partial charge in [0.25, 0.3) is 0 Å². The Hall–Kier alpha value is -1.69. The highest BCUT2D eigenvalue weighted by molar-refractivity contribution is 5.85. The molecule has 0 amide bonds. The molecule has 0 unspecified atom stereocenters. The Morgan fingerprint density at radius 1 is 1.33 bits per heavy atom. The van der Waals surface area contributed by atoms with Crippen LogP contribution in [0.5, 0.6) is 0 Å². The van der Waals surface area contributed by atoms with Gasteiger partial charge in [-0.25, -0.2) is 9.78 Å². The Bertz CT molecular complexity index is 417. The molecule has 0 aromatic carbocycles. The minimum atomic E-state index is -1.08. The molecule has 1 aromatic heterocycles. The first-order valence-corrected chi connectivity index (χ1v) is 6.12. The maximum atomic E-state index is 10.7. The zero-order valence-electron chi connectivity index (χ0n) is 10.0. The Kier molecular flexibility index (Phi) is 4.09. The largest absolute Gasteiger partial charge is 0.476 e. The van der Waals surface area contributed by atoms with Crippen molar-refractivity contribution < 1.29 is 15.0 Å². The number of aliphatic hydroxyl groups is 1. The maximum absolute atomic E-state index is 10.7. The van der Waals surface area contributed by atoms with E-state index in [1.54, 1.807) is 0 Å². The summed E-state index contributed by atoms with van der Waals surface area (Å²) in [6, 6.07) is 0. The molecule has 1 aliphatic rings. The molecule has 0 aliphatic heterocycles. The predicted molar refractivity (Wildman–Crippen MR) is 65.4 cm³/mol. The third-order valence-electron chi connectivity index (χ3n) is 3.24. The number of aromatic nitrogens is 2. The van der Waals surface area contributed by atoms with E-state index in [4.69, 9.17) is 5.11 Å². The topological polar surface area (TPSA) is 95.3 Å². The highest BCUT2D eigenvalue weighted by Gasteiger charge is 2.19. The standard InChI is InChI=1S/C12H17N3O3/c16-9-3-1-8(2-4-9)5-14-11-7-13-6-10(15-11)12(17)18/h6-9,16H,1-5H2,(H,14,15)(H,17,18). The molecule has 1 saturated carbocycles. The van der Waals surface area contributed by atoms with Crippen molar-refractivity contribution in [2.45, 2.75) is 31.8 Å². The molecule has 1 aromatic rings. The van der Waals surface area contributed by atoms with E-state index < -0.39 is 5.97 Å². The number of aromatic carboxylic acids is 1. The Labute approximate surface area is 105 Å². The monoisotopic (exact) mass is 251 g/mol. The first-order chi connectivity index (χ1) is 8.65. The summed E-state index contributed by atoms with van der Waals surface area (Å²) in [7, 11) is 0. The molecule has 0 radical (unpaired) electrons. The van der Waals surface area contributed by atoms with E-state index >= 15 is 0 Å². The average molecular weight is 251 g/mol. The lowest BCUT2D eigenvalue weighted by atomic mass is 9.87. The highest BCUT2D eigenvalue weighted by Crippen LogP contribution is 2.24. The van der Waals surface area contributed by atoms with Crippen molar-refractivity contribution in [3.63, 3.8) is 0 Å². The molecule has 98 valence electrons. The fraction of sp³-hybridized carbons (Fsp3) is 0.583. The van der Waals surface area contributed by atoms with Gasteiger partial charge in [-0.3, -0.25) is 4.98 Å². The van der Waals surface area contributed by atoms with Crippen molar-refractivity contribution in [2.24, 2.45) is 5.92 Å². The SMILES string of the molecule is O=C(O)c1cncc(NCC2CCC(O)CC2)n1. The normalized spacial score (nSPS) is 23.6. The number of carboxylic acids is 1. The Morgan fingerprint density at radius 2 is 2.06 bits per heavy atom. The van der Waals surface area contributed by atoms with Crippen molar-refractivity contribution in [1.82, 2.24) is 9.97 Å². The van der Waals surface area contributed by atoms with Crippen LogP contribution in [-0.2, 0) is 0 Å². The third kappa shape index (κ3) is 3.40. The zero-order valence-corrected chi connectivity index (χ0v) is 10.0. The molecule has 3 N–H and O–H groups in total. The highest BCUT2D eigenvalue weighted by atomic mass is 16.4. The number of aliphatic hydroxyl groups excluding tert-OH is 1. The van der Waals surface area contributed by atoms with Crippen LogP contribution in [0.25, 0.3) is 0 Å². The fourth-order valence-electron chi connectivity index (χ4n) is 2.15. The number of anilines is 1. The Morgan fingerprint density at radius 3 is 2.72 bits per heavy atom. The summed E-state index contributed by atoms with van der Waals surface area (Å²) in [6.45, 7) is 0.741. The van der Waals surface area contributed by atoms with E-state index in [9.17, 15) is 9.90 Å². The van der Waals surface area contributed by atoms with Gasteiger partial charge in [-0.05, 0) is 31.6 Å². The lowest BCUT2D eigenvalue weighted by Crippen LogP contribution is -2.24. The molecule has 6 heteroatoms. The van der Waals surface area contributed by atoms with Crippen molar-refractivity contribution in [1.29, 1.82) is 0 Å². The third-order valence-corrected chi connectivity index (χ3v) is 3.24. The van der Waals surface area contributed by atoms with Gasteiger partial charge >= 0.3 is 5.97 Å². The van der Waals surface area contributed by atoms with E-state index in [1.807, 2.05) is 0 Å². The average Bonchev–Trinajstić information content (AvgIpc) is 2.38. The molecular formula is C12H17N3O3. The quantitative estimate of drug-likeness (QED) is 0.742. The second-order valence-corrected chi connectivity index (χ2v) is 4.65. The number of hydrogen-bond donors (Lipinski definition) is 3. The van der Waals surface area contributed by atoms with Gasteiger partial charge in [0.05, 0.1) is 18.5 Å². The number of hydrogen-bond acceptors (Lipinski definition) is 5. The van der Waals surface area contributed by atoms with Crippen molar-refractivity contribution >= 4 is 11.8 Å². The summed E-state index contributed by atoms with van der Waals surface area (Å²) < 4.78 is 0. The van der Waals surface area contributed by atoms with Crippen LogP contribution in [0, 0.1) is 5.92 Å². The molecule has 0 atom stereocenters. The molecule has 1 fully saturated rings. The first kappa shape index (κ1) is 12.8. The summed E-state index contributed by atoms with van der Waals surface area (Å²) in [5.41, 5.74) is -0.0564. The molecule has 0 saturated heterocycles. The van der Waals surface area contributed by atoms with Crippen LogP contribution in [-0.4, -0.2) is 38.8 Å². The molecule has 0 spiro atoms. The van der Waals surface area contributed by atoms with Gasteiger partial charge in [-0.15, -0.1) is 0 Å². The van der Waals surface area contributed by atoms with Crippen LogP contribution in [0.2, 0.25) is 0 Å². The summed E-state index contributed by atoms with van der Waals surface area (Å²) in [5, 5.41) is 21.3. The summed E-state index contributed by atoms with van der Waals surface area (Å²) >= 11 is 0. The van der Waals surface area contributed by atoms with Gasteiger partial charge < -0.3 is 15.5 Å². The number of carbonyl (C=O) groups is 1. The minimum absolute atomic E-state index is 0.0564. The minimum Gasteiger partial charge on any atom is -0.476 e. The van der Waals surface area contributed by atoms with Crippen LogP contribution < -0.4 is 5.32 Å². The zero-order chi connectivity index (χ0) is 13.0. The molecular weight excluding hydrogens is 234 g/mol. The number of rotatable bonds is 4. The molecule has 6 nitrogen and oxygen atoms in total. The second-order valence-electron chi connectivity index (χ2n) is 4.65. The van der Waals surface area contributed by atoms with E-state index in [2.05, 4.69) is 15.3 Å². The maximum Gasteiger partial charge on any atom is 0.356 e. The van der Waals surface area contributed by atoms with Crippen LogP contribution in [0.15, 0.2) is 12.4 Å². The first-order valence-electron chi connectivity index (χ1n) is 6.12. The fourth-order valence-corrected chi connectivity index (χ4v) is 2.15. The molecule has 2 rings (SSSR count). The van der Waals surface area contributed by atoms with Gasteiger partial charge in [-0.1, -0.05) is 0 Å². The van der Waals surface area contributed by atoms with Gasteiger partial charge in [0, 0.05) is 6.54 Å². The molecule has 1 aliphatic carbocycles. The molecule has 1 heterocycles. The second kappa shape index (κ2) is 5.77. The summed E-state index contributed by atoms with van der Waals surface area (Å²) in [4.78, 5) is 18.5. The van der Waals surface area contributed by atoms with Gasteiger partial charge in [0.1, 0.15) is 5.82 Å². The van der Waals surface area contributed by atoms with Gasteiger partial charge in [0.2, 0.25) is 0 Å². The van der Waals surface area contributed by atoms with Crippen molar-refractivity contribution in [3.8, 4) is 0 Å². The van der Waals surface area contributed by atoms with E-state index in [-0.39, 0.29) is 11.8 Å². The number of nitrogens with one attached hydrogen (secondary N) is 1. The number of carboxylic acid groups (broad SMARTS) is 1. The predicted octanol–water partition coefficient (Wildman–Crippen LogP) is 1.14. The summed E-state index contributed by atoms with van der Waals surface area (Å²) in [6.07, 6.45) is 6.24. The van der Waals surface area contributed by atoms with Crippen LogP contribution >= 0.6 is 0 Å². The lowest BCUT2D eigenvalue weighted by Gasteiger charge is -2.25. The lowest BCUT2D eigenvalue weighted by molar-refractivity contribution is 0.0690. The Balaban J connectivity index is 1.86. The van der Waals surface area contributed by atoms with Gasteiger partial charge in [0.15, 0.2) is 5.69 Å². The molecule has 0 bridgehead atoms. The van der Waals surface area contributed by atoms with Gasteiger partial charge in [-0.2, -0.15) is 0 Å². The van der Waals surface area contributed by atoms with Crippen LogP contribution in [0.1, 0.15) is 36.2 Å². The van der Waals surface area contributed by atoms with Crippen molar-refractivity contribution in [3.05, 3.63) is 18.1 Å². The summed E-state index contributed by atoms with van der Waals surface area (Å²) in [5.74, 6) is -0.0864. The van der Waals surface area contributed by atoms with Crippen LogP contribution in [0.4, 0.5) is 5.82 Å². The van der Waals surface area contributed by atoms with E-state index in [0.29, 0.717) is 11.7 Å². The number of nitrogens with zero attached hydrogens (tertiary/aromatic N) is 2. The van der Waals surface area contributed by atoms with Crippen molar-refractivity contribution in [2.75, 3.05) is 11.9 Å². The smallest absolute Gasteiger partial charge is 0.356 e. The van der Waals surface area contributed by atoms with E-state index in [0.717, 1.165) is 32.2 Å². The molecule has 18 heavy (non-hydrogen) atoms. The van der Waals surface area contributed by atoms with E-state index in [1.165, 1.54) is 12.4 Å².